The maximum Gasteiger partial charge on any atom is 0.415 e. The van der Waals surface area contributed by atoms with Crippen LogP contribution >= 0.6 is 0 Å². The van der Waals surface area contributed by atoms with Crippen LogP contribution in [-0.2, 0) is 16.0 Å². The van der Waals surface area contributed by atoms with E-state index < -0.39 is 18.1 Å². The van der Waals surface area contributed by atoms with Crippen molar-refractivity contribution >= 4 is 23.8 Å². The first-order chi connectivity index (χ1) is 16.5. The molecule has 0 aliphatic carbocycles. The largest absolute Gasteiger partial charge is 0.480 e. The Morgan fingerprint density at radius 2 is 1.88 bits per heavy atom. The molecule has 3 N–H and O–H groups in total. The molecule has 3 heterocycles. The summed E-state index contributed by atoms with van der Waals surface area (Å²) in [7, 11) is 0. The number of hydrogen-bond acceptors (Lipinski definition) is 7. The van der Waals surface area contributed by atoms with E-state index in [1.54, 1.807) is 35.4 Å². The van der Waals surface area contributed by atoms with Gasteiger partial charge in [-0.25, -0.2) is 14.6 Å². The summed E-state index contributed by atoms with van der Waals surface area (Å²) in [5.41, 5.74) is 0.718. The Labute approximate surface area is 197 Å². The summed E-state index contributed by atoms with van der Waals surface area (Å²) in [5.74, 6) is -0.112. The fraction of sp³-hybridized carbons (Fsp3) is 0.417. The molecule has 34 heavy (non-hydrogen) atoms. The molecule has 10 nitrogen and oxygen atoms in total. The van der Waals surface area contributed by atoms with Crippen molar-refractivity contribution in [3.05, 3.63) is 54.2 Å². The first-order valence-electron chi connectivity index (χ1n) is 11.5. The van der Waals surface area contributed by atoms with Crippen molar-refractivity contribution in [3.63, 3.8) is 0 Å². The standard InChI is InChI=1S/C24H29N5O5/c30-22(19-4-3-11-25-19)27-20(23(31)32)16-17-6-8-18(9-7-17)34-24(33)29-14-12-28(13-15-29)21-5-1-2-10-26-21/h1-2,5-10,19-20,25H,3-4,11-16H2,(H,27,30)(H,31,32)/t19-,20-/m0/s1. The molecule has 2 saturated heterocycles. The zero-order valence-electron chi connectivity index (χ0n) is 18.9. The summed E-state index contributed by atoms with van der Waals surface area (Å²) in [6.07, 6.45) is 3.07. The van der Waals surface area contributed by atoms with Crippen molar-refractivity contribution in [1.82, 2.24) is 20.5 Å². The number of carboxylic acids is 1. The van der Waals surface area contributed by atoms with Gasteiger partial charge in [-0.3, -0.25) is 4.79 Å². The lowest BCUT2D eigenvalue weighted by Gasteiger charge is -2.34. The van der Waals surface area contributed by atoms with Crippen LogP contribution in [0.5, 0.6) is 5.75 Å². The number of carbonyl (C=O) groups excluding carboxylic acids is 2. The molecule has 0 radical (unpaired) electrons. The number of piperazine rings is 1. The third-order valence-corrected chi connectivity index (χ3v) is 6.07. The zero-order chi connectivity index (χ0) is 23.9. The van der Waals surface area contributed by atoms with Gasteiger partial charge in [-0.15, -0.1) is 0 Å². The number of pyridine rings is 1. The average molecular weight is 468 g/mol. The van der Waals surface area contributed by atoms with Crippen LogP contribution in [0, 0.1) is 0 Å². The molecule has 1 aromatic heterocycles. The van der Waals surface area contributed by atoms with Gasteiger partial charge < -0.3 is 30.3 Å². The number of ether oxygens (including phenoxy) is 1. The number of aromatic nitrogens is 1. The minimum atomic E-state index is -1.09. The predicted molar refractivity (Wildman–Crippen MR) is 125 cm³/mol. The van der Waals surface area contributed by atoms with E-state index in [1.807, 2.05) is 18.2 Å². The molecular formula is C24H29N5O5. The molecule has 4 rings (SSSR count). The zero-order valence-corrected chi connectivity index (χ0v) is 18.9. The number of carboxylic acid groups (broad SMARTS) is 1. The second-order valence-electron chi connectivity index (χ2n) is 8.43. The summed E-state index contributed by atoms with van der Waals surface area (Å²) < 4.78 is 5.49. The Balaban J connectivity index is 1.27. The van der Waals surface area contributed by atoms with Gasteiger partial charge in [0.1, 0.15) is 17.6 Å². The Kier molecular flexibility index (Phi) is 7.58. The van der Waals surface area contributed by atoms with Crippen LogP contribution in [0.25, 0.3) is 0 Å². The molecule has 0 saturated carbocycles. The first-order valence-corrected chi connectivity index (χ1v) is 11.5. The first kappa shape index (κ1) is 23.5. The van der Waals surface area contributed by atoms with Crippen molar-refractivity contribution in [1.29, 1.82) is 0 Å². The normalized spacial score (nSPS) is 18.9. The monoisotopic (exact) mass is 467 g/mol. The number of benzene rings is 1. The average Bonchev–Trinajstić information content (AvgIpc) is 3.41. The van der Waals surface area contributed by atoms with Gasteiger partial charge >= 0.3 is 12.1 Å². The van der Waals surface area contributed by atoms with E-state index >= 15 is 0 Å². The van der Waals surface area contributed by atoms with Crippen molar-refractivity contribution in [2.24, 2.45) is 0 Å². The molecule has 180 valence electrons. The molecule has 10 heteroatoms. The summed E-state index contributed by atoms with van der Waals surface area (Å²) in [5, 5.41) is 15.2. The molecule has 0 spiro atoms. The predicted octanol–water partition coefficient (Wildman–Crippen LogP) is 1.27. The van der Waals surface area contributed by atoms with E-state index in [-0.39, 0.29) is 18.4 Å². The minimum Gasteiger partial charge on any atom is -0.480 e. The highest BCUT2D eigenvalue weighted by Gasteiger charge is 2.27. The van der Waals surface area contributed by atoms with E-state index in [2.05, 4.69) is 20.5 Å². The number of amides is 2. The molecule has 2 atom stereocenters. The summed E-state index contributed by atoms with van der Waals surface area (Å²) in [6.45, 7) is 3.16. The Morgan fingerprint density at radius 3 is 2.50 bits per heavy atom. The van der Waals surface area contributed by atoms with Gasteiger partial charge in [0.25, 0.3) is 0 Å². The number of anilines is 1. The molecule has 2 aliphatic rings. The van der Waals surface area contributed by atoms with Crippen LogP contribution in [0.15, 0.2) is 48.7 Å². The van der Waals surface area contributed by atoms with E-state index in [9.17, 15) is 19.5 Å². The minimum absolute atomic E-state index is 0.136. The SMILES string of the molecule is O=C(O)[C@H](Cc1ccc(OC(=O)N2CCN(c3ccccn3)CC2)cc1)NC(=O)[C@@H]1CCCN1. The van der Waals surface area contributed by atoms with Gasteiger partial charge in [-0.2, -0.15) is 0 Å². The lowest BCUT2D eigenvalue weighted by atomic mass is 10.1. The molecule has 2 amide bonds. The van der Waals surface area contributed by atoms with Gasteiger partial charge in [-0.05, 0) is 49.2 Å². The summed E-state index contributed by atoms with van der Waals surface area (Å²) in [6, 6.07) is 11.1. The highest BCUT2D eigenvalue weighted by Crippen LogP contribution is 2.17. The molecule has 0 bridgehead atoms. The van der Waals surface area contributed by atoms with Gasteiger partial charge in [0.15, 0.2) is 0 Å². The molecule has 2 aliphatic heterocycles. The number of nitrogens with one attached hydrogen (secondary N) is 2. The van der Waals surface area contributed by atoms with Crippen molar-refractivity contribution < 1.29 is 24.2 Å². The summed E-state index contributed by atoms with van der Waals surface area (Å²) >= 11 is 0. The lowest BCUT2D eigenvalue weighted by molar-refractivity contribution is -0.142. The van der Waals surface area contributed by atoms with Gasteiger partial charge in [0.2, 0.25) is 5.91 Å². The summed E-state index contributed by atoms with van der Waals surface area (Å²) in [4.78, 5) is 44.6. The Morgan fingerprint density at radius 1 is 1.12 bits per heavy atom. The highest BCUT2D eigenvalue weighted by atomic mass is 16.6. The maximum absolute atomic E-state index is 12.5. The number of nitrogens with zero attached hydrogens (tertiary/aromatic N) is 3. The second kappa shape index (κ2) is 11.0. The molecule has 2 aromatic rings. The van der Waals surface area contributed by atoms with Gasteiger partial charge in [0.05, 0.1) is 6.04 Å². The van der Waals surface area contributed by atoms with E-state index in [4.69, 9.17) is 4.74 Å². The fourth-order valence-electron chi connectivity index (χ4n) is 4.13. The van der Waals surface area contributed by atoms with Crippen molar-refractivity contribution in [2.75, 3.05) is 37.6 Å². The van der Waals surface area contributed by atoms with Crippen LogP contribution in [0.1, 0.15) is 18.4 Å². The van der Waals surface area contributed by atoms with Crippen molar-refractivity contribution in [3.8, 4) is 5.75 Å². The molecule has 2 fully saturated rings. The molecule has 0 unspecified atom stereocenters. The highest BCUT2D eigenvalue weighted by molar-refractivity contribution is 5.87. The smallest absolute Gasteiger partial charge is 0.415 e. The van der Waals surface area contributed by atoms with Crippen LogP contribution in [0.4, 0.5) is 10.6 Å². The number of carbonyl (C=O) groups is 3. The molecular weight excluding hydrogens is 438 g/mol. The van der Waals surface area contributed by atoms with E-state index in [0.717, 1.165) is 24.3 Å². The Bertz CT molecular complexity index is 987. The van der Waals surface area contributed by atoms with E-state index in [1.165, 1.54) is 0 Å². The van der Waals surface area contributed by atoms with Gasteiger partial charge in [0, 0.05) is 38.8 Å². The molecule has 1 aromatic carbocycles. The Hall–Kier alpha value is -3.66. The van der Waals surface area contributed by atoms with Crippen molar-refractivity contribution in [2.45, 2.75) is 31.3 Å². The van der Waals surface area contributed by atoms with Crippen LogP contribution in [0.3, 0.4) is 0 Å². The lowest BCUT2D eigenvalue weighted by Crippen LogP contribution is -2.49. The second-order valence-corrected chi connectivity index (χ2v) is 8.43. The number of hydrogen-bond donors (Lipinski definition) is 3. The third-order valence-electron chi connectivity index (χ3n) is 6.07. The third kappa shape index (κ3) is 6.02. The van der Waals surface area contributed by atoms with E-state index in [0.29, 0.717) is 38.3 Å². The number of rotatable bonds is 7. The quantitative estimate of drug-likeness (QED) is 0.556. The maximum atomic E-state index is 12.5. The fourth-order valence-corrected chi connectivity index (χ4v) is 4.13. The van der Waals surface area contributed by atoms with Crippen LogP contribution in [0.2, 0.25) is 0 Å². The number of aliphatic carboxylic acids is 1. The van der Waals surface area contributed by atoms with Crippen LogP contribution < -0.4 is 20.3 Å². The van der Waals surface area contributed by atoms with Gasteiger partial charge in [-0.1, -0.05) is 18.2 Å². The topological polar surface area (TPSA) is 124 Å². The van der Waals surface area contributed by atoms with Crippen LogP contribution in [-0.4, -0.2) is 77.8 Å².